The van der Waals surface area contributed by atoms with Gasteiger partial charge in [-0.3, -0.25) is 4.79 Å². The van der Waals surface area contributed by atoms with Gasteiger partial charge in [0.25, 0.3) is 5.91 Å². The molecule has 30 heavy (non-hydrogen) atoms. The third-order valence-corrected chi connectivity index (χ3v) is 5.09. The minimum atomic E-state index is -0.596. The third-order valence-electron chi connectivity index (χ3n) is 4.31. The van der Waals surface area contributed by atoms with Gasteiger partial charge in [0, 0.05) is 17.3 Å². The number of carbonyl (C=O) groups excluding carboxylic acids is 2. The summed E-state index contributed by atoms with van der Waals surface area (Å²) >= 11 is 10.3. The van der Waals surface area contributed by atoms with Gasteiger partial charge >= 0.3 is 6.03 Å². The Kier molecular flexibility index (Phi) is 7.32. The van der Waals surface area contributed by atoms with Crippen molar-refractivity contribution < 1.29 is 14.0 Å². The van der Waals surface area contributed by atoms with Crippen LogP contribution in [-0.2, 0) is 6.42 Å². The van der Waals surface area contributed by atoms with Crippen molar-refractivity contribution in [2.24, 2.45) is 0 Å². The summed E-state index contributed by atoms with van der Waals surface area (Å²) in [6.07, 6.45) is 0.591. The second-order valence-electron chi connectivity index (χ2n) is 6.37. The van der Waals surface area contributed by atoms with E-state index >= 15 is 0 Å². The van der Waals surface area contributed by atoms with E-state index in [4.69, 9.17) is 11.6 Å². The third kappa shape index (κ3) is 5.52. The normalized spacial score (nSPS) is 10.4. The fraction of sp³-hybridized carbons (Fsp3) is 0.0909. The van der Waals surface area contributed by atoms with E-state index in [1.54, 1.807) is 36.4 Å². The highest BCUT2D eigenvalue weighted by molar-refractivity contribution is 7.82. The molecule has 0 saturated heterocycles. The Hall–Kier alpha value is -3.03. The molecule has 3 rings (SSSR count). The second-order valence-corrected chi connectivity index (χ2v) is 7.17. The summed E-state index contributed by atoms with van der Waals surface area (Å²) in [6.45, 7) is 0.399. The predicted octanol–water partition coefficient (Wildman–Crippen LogP) is 5.33. The minimum absolute atomic E-state index is 0.0460. The molecule has 0 aromatic heterocycles. The van der Waals surface area contributed by atoms with Crippen LogP contribution in [0.5, 0.6) is 0 Å². The molecule has 8 heteroatoms. The van der Waals surface area contributed by atoms with Gasteiger partial charge in [0.1, 0.15) is 5.82 Å². The molecule has 0 aliphatic rings. The standard InChI is InChI=1S/C22H19ClFN3O2S/c23-19-7-3-1-5-15(19)13-14-25-22(29)27(30)17-11-9-16(10-12-17)26-21(28)18-6-2-4-8-20(18)24/h1-12,30H,13-14H2,(H,25,29)(H,26,28). The molecule has 0 saturated carbocycles. The molecule has 0 unspecified atom stereocenters. The van der Waals surface area contributed by atoms with Crippen LogP contribution >= 0.6 is 24.4 Å². The van der Waals surface area contributed by atoms with Gasteiger partial charge in [-0.25, -0.2) is 13.5 Å². The van der Waals surface area contributed by atoms with E-state index in [-0.39, 0.29) is 5.56 Å². The number of halogens is 2. The average molecular weight is 444 g/mol. The van der Waals surface area contributed by atoms with E-state index in [9.17, 15) is 14.0 Å². The Labute approximate surface area is 184 Å². The van der Waals surface area contributed by atoms with Crippen LogP contribution in [0.15, 0.2) is 72.8 Å². The molecule has 0 spiro atoms. The lowest BCUT2D eigenvalue weighted by Crippen LogP contribution is -2.35. The van der Waals surface area contributed by atoms with Crippen LogP contribution in [0.2, 0.25) is 5.02 Å². The molecule has 3 aromatic carbocycles. The number of nitrogens with one attached hydrogen (secondary N) is 2. The van der Waals surface area contributed by atoms with Gasteiger partial charge in [-0.15, -0.1) is 0 Å². The number of hydrogen-bond acceptors (Lipinski definition) is 3. The van der Waals surface area contributed by atoms with E-state index in [0.29, 0.717) is 29.4 Å². The molecule has 154 valence electrons. The predicted molar refractivity (Wildman–Crippen MR) is 121 cm³/mol. The van der Waals surface area contributed by atoms with E-state index in [1.807, 2.05) is 18.2 Å². The highest BCUT2D eigenvalue weighted by atomic mass is 35.5. The maximum atomic E-state index is 13.7. The van der Waals surface area contributed by atoms with Crippen molar-refractivity contribution in [3.05, 3.63) is 94.8 Å². The molecule has 0 atom stereocenters. The van der Waals surface area contributed by atoms with E-state index in [2.05, 4.69) is 23.4 Å². The van der Waals surface area contributed by atoms with Gasteiger partial charge in [-0.2, -0.15) is 0 Å². The monoisotopic (exact) mass is 443 g/mol. The first-order chi connectivity index (χ1) is 14.5. The molecule has 2 N–H and O–H groups in total. The van der Waals surface area contributed by atoms with Gasteiger partial charge < -0.3 is 10.6 Å². The zero-order valence-corrected chi connectivity index (χ0v) is 17.5. The first-order valence-corrected chi connectivity index (χ1v) is 9.89. The number of anilines is 2. The van der Waals surface area contributed by atoms with Crippen LogP contribution in [-0.4, -0.2) is 18.5 Å². The van der Waals surface area contributed by atoms with Crippen molar-refractivity contribution in [2.45, 2.75) is 6.42 Å². The number of carbonyl (C=O) groups is 2. The van der Waals surface area contributed by atoms with E-state index in [0.717, 1.165) is 9.87 Å². The SMILES string of the molecule is O=C(Nc1ccc(N(S)C(=O)NCCc2ccccc2Cl)cc1)c1ccccc1F. The quantitative estimate of drug-likeness (QED) is 0.450. The minimum Gasteiger partial charge on any atom is -0.337 e. The van der Waals surface area contributed by atoms with Gasteiger partial charge in [0.05, 0.1) is 11.3 Å². The van der Waals surface area contributed by atoms with Crippen molar-refractivity contribution in [2.75, 3.05) is 16.2 Å². The lowest BCUT2D eigenvalue weighted by atomic mass is 10.1. The second kappa shape index (κ2) is 10.1. The van der Waals surface area contributed by atoms with E-state index in [1.165, 1.54) is 18.2 Å². The zero-order valence-electron chi connectivity index (χ0n) is 15.8. The molecule has 0 heterocycles. The highest BCUT2D eigenvalue weighted by Crippen LogP contribution is 2.21. The van der Waals surface area contributed by atoms with Crippen molar-refractivity contribution in [3.8, 4) is 0 Å². The van der Waals surface area contributed by atoms with Crippen LogP contribution in [0.3, 0.4) is 0 Å². The number of rotatable bonds is 6. The fourth-order valence-electron chi connectivity index (χ4n) is 2.73. The van der Waals surface area contributed by atoms with Crippen molar-refractivity contribution >= 4 is 47.7 Å². The Balaban J connectivity index is 1.54. The number of benzene rings is 3. The molecule has 0 aliphatic heterocycles. The maximum absolute atomic E-state index is 13.7. The van der Waals surface area contributed by atoms with Crippen LogP contribution in [0.1, 0.15) is 15.9 Å². The smallest absolute Gasteiger partial charge is 0.331 e. The summed E-state index contributed by atoms with van der Waals surface area (Å²) < 4.78 is 14.9. The van der Waals surface area contributed by atoms with Gasteiger partial charge in [-0.05, 0) is 54.4 Å². The van der Waals surface area contributed by atoms with Crippen molar-refractivity contribution in [1.29, 1.82) is 0 Å². The number of nitrogens with zero attached hydrogens (tertiary/aromatic N) is 1. The number of urea groups is 1. The Morgan fingerprint density at radius 2 is 1.63 bits per heavy atom. The lowest BCUT2D eigenvalue weighted by molar-refractivity contribution is 0.102. The molecular weight excluding hydrogens is 425 g/mol. The Bertz CT molecular complexity index is 1050. The molecule has 5 nitrogen and oxygen atoms in total. The average Bonchev–Trinajstić information content (AvgIpc) is 2.75. The summed E-state index contributed by atoms with van der Waals surface area (Å²) in [5.74, 6) is -1.15. The van der Waals surface area contributed by atoms with Crippen LogP contribution in [0.4, 0.5) is 20.6 Å². The summed E-state index contributed by atoms with van der Waals surface area (Å²) in [5, 5.41) is 6.04. The molecule has 3 amide bonds. The molecular formula is C22H19ClFN3O2S. The molecule has 0 fully saturated rings. The van der Waals surface area contributed by atoms with Crippen LogP contribution < -0.4 is 14.9 Å². The van der Waals surface area contributed by atoms with E-state index < -0.39 is 17.8 Å². The Morgan fingerprint density at radius 3 is 2.33 bits per heavy atom. The van der Waals surface area contributed by atoms with Crippen molar-refractivity contribution in [1.82, 2.24) is 5.32 Å². The number of hydrogen-bond donors (Lipinski definition) is 3. The maximum Gasteiger partial charge on any atom is 0.331 e. The molecule has 0 bridgehead atoms. The van der Waals surface area contributed by atoms with Gasteiger partial charge in [0.15, 0.2) is 0 Å². The van der Waals surface area contributed by atoms with Crippen LogP contribution in [0, 0.1) is 5.82 Å². The topological polar surface area (TPSA) is 61.4 Å². The van der Waals surface area contributed by atoms with Crippen molar-refractivity contribution in [3.63, 3.8) is 0 Å². The number of amides is 3. The first kappa shape index (κ1) is 21.7. The summed E-state index contributed by atoms with van der Waals surface area (Å²) in [4.78, 5) is 24.5. The summed E-state index contributed by atoms with van der Waals surface area (Å²) in [6, 6.07) is 19.2. The molecule has 0 radical (unpaired) electrons. The molecule has 0 aliphatic carbocycles. The summed E-state index contributed by atoms with van der Waals surface area (Å²) in [5.41, 5.74) is 1.88. The summed E-state index contributed by atoms with van der Waals surface area (Å²) in [7, 11) is 0. The van der Waals surface area contributed by atoms with Gasteiger partial charge in [-0.1, -0.05) is 54.7 Å². The highest BCUT2D eigenvalue weighted by Gasteiger charge is 2.14. The fourth-order valence-corrected chi connectivity index (χ4v) is 3.16. The van der Waals surface area contributed by atoms with Gasteiger partial charge in [0.2, 0.25) is 0 Å². The number of thiol groups is 1. The zero-order chi connectivity index (χ0) is 21.5. The molecule has 3 aromatic rings. The largest absolute Gasteiger partial charge is 0.337 e. The first-order valence-electron chi connectivity index (χ1n) is 9.12. The van der Waals surface area contributed by atoms with Crippen LogP contribution in [0.25, 0.3) is 0 Å². The Morgan fingerprint density at radius 1 is 0.967 bits per heavy atom. The lowest BCUT2D eigenvalue weighted by Gasteiger charge is -2.17.